The number of fused-ring (bicyclic) bond motifs is 1. The lowest BCUT2D eigenvalue weighted by molar-refractivity contribution is -0.122. The quantitative estimate of drug-likeness (QED) is 0.864. The van der Waals surface area contributed by atoms with Crippen molar-refractivity contribution in [2.45, 2.75) is 17.7 Å². The Bertz CT molecular complexity index is 859. The van der Waals surface area contributed by atoms with Gasteiger partial charge in [-0.1, -0.05) is 40.2 Å². The molecule has 2 aromatic carbocycles. The second-order valence-electron chi connectivity index (χ2n) is 5.67. The highest BCUT2D eigenvalue weighted by Gasteiger charge is 2.32. The molecule has 0 spiro atoms. The van der Waals surface area contributed by atoms with Crippen molar-refractivity contribution in [3.8, 4) is 0 Å². The lowest BCUT2D eigenvalue weighted by atomic mass is 9.98. The van der Waals surface area contributed by atoms with Gasteiger partial charge in [-0.05, 0) is 30.4 Å². The zero-order valence-electron chi connectivity index (χ0n) is 12.4. The topological polar surface area (TPSA) is 80.5 Å². The standard InChI is InChI=1S/C16H17BrN2O3S/c17-14-5-6-15(13-4-2-1-3-12(13)14)23(21,22)19-9-7-11(8-10-19)16(18)20/h1-6,11H,7-10H2,(H2,18,20). The molecule has 1 aliphatic heterocycles. The van der Waals surface area contributed by atoms with Crippen LogP contribution in [0.2, 0.25) is 0 Å². The average molecular weight is 397 g/mol. The number of carbonyl (C=O) groups is 1. The summed E-state index contributed by atoms with van der Waals surface area (Å²) in [6, 6.07) is 10.8. The van der Waals surface area contributed by atoms with E-state index in [9.17, 15) is 13.2 Å². The van der Waals surface area contributed by atoms with Crippen LogP contribution >= 0.6 is 15.9 Å². The highest BCUT2D eigenvalue weighted by Crippen LogP contribution is 2.32. The maximum absolute atomic E-state index is 13.0. The van der Waals surface area contributed by atoms with Gasteiger partial charge in [-0.15, -0.1) is 0 Å². The molecule has 2 aromatic rings. The Labute approximate surface area is 143 Å². The molecule has 0 bridgehead atoms. The molecule has 0 aliphatic carbocycles. The van der Waals surface area contributed by atoms with E-state index in [2.05, 4.69) is 15.9 Å². The van der Waals surface area contributed by atoms with Gasteiger partial charge in [-0.25, -0.2) is 8.42 Å². The van der Waals surface area contributed by atoms with E-state index in [1.165, 1.54) is 4.31 Å². The number of hydrogen-bond acceptors (Lipinski definition) is 3. The second kappa shape index (κ2) is 6.22. The summed E-state index contributed by atoms with van der Waals surface area (Å²) >= 11 is 3.46. The van der Waals surface area contributed by atoms with Gasteiger partial charge in [0.05, 0.1) is 4.90 Å². The molecule has 0 aromatic heterocycles. The molecule has 1 aliphatic rings. The second-order valence-corrected chi connectivity index (χ2v) is 8.43. The molecular weight excluding hydrogens is 380 g/mol. The van der Waals surface area contributed by atoms with E-state index in [0.29, 0.717) is 36.2 Å². The van der Waals surface area contributed by atoms with Gasteiger partial charge in [-0.3, -0.25) is 4.79 Å². The summed E-state index contributed by atoms with van der Waals surface area (Å²) in [6.45, 7) is 0.640. The first-order chi connectivity index (χ1) is 10.9. The lowest BCUT2D eigenvalue weighted by Gasteiger charge is -2.30. The molecule has 0 radical (unpaired) electrons. The summed E-state index contributed by atoms with van der Waals surface area (Å²) in [5, 5.41) is 1.56. The molecule has 5 nitrogen and oxygen atoms in total. The largest absolute Gasteiger partial charge is 0.369 e. The van der Waals surface area contributed by atoms with Crippen LogP contribution in [0.1, 0.15) is 12.8 Å². The van der Waals surface area contributed by atoms with Crippen molar-refractivity contribution in [3.63, 3.8) is 0 Å². The smallest absolute Gasteiger partial charge is 0.243 e. The fraction of sp³-hybridized carbons (Fsp3) is 0.312. The molecule has 7 heteroatoms. The predicted octanol–water partition coefficient (Wildman–Crippen LogP) is 2.49. The average Bonchev–Trinajstić information content (AvgIpc) is 2.55. The number of primary amides is 1. The van der Waals surface area contributed by atoms with Crippen molar-refractivity contribution in [1.82, 2.24) is 4.31 Å². The van der Waals surface area contributed by atoms with Crippen LogP contribution in [0, 0.1) is 5.92 Å². The number of rotatable bonds is 3. The Kier molecular flexibility index (Phi) is 4.44. The first kappa shape index (κ1) is 16.4. The summed E-state index contributed by atoms with van der Waals surface area (Å²) < 4.78 is 28.3. The van der Waals surface area contributed by atoms with Crippen LogP contribution in [0.4, 0.5) is 0 Å². The van der Waals surface area contributed by atoms with Gasteiger partial charge < -0.3 is 5.73 Å². The molecule has 0 unspecified atom stereocenters. The van der Waals surface area contributed by atoms with Crippen molar-refractivity contribution < 1.29 is 13.2 Å². The van der Waals surface area contributed by atoms with Gasteiger partial charge in [0.25, 0.3) is 0 Å². The number of nitrogens with two attached hydrogens (primary N) is 1. The minimum atomic E-state index is -3.59. The molecule has 23 heavy (non-hydrogen) atoms. The summed E-state index contributed by atoms with van der Waals surface area (Å²) in [6.07, 6.45) is 0.950. The van der Waals surface area contributed by atoms with Gasteiger partial charge in [0.15, 0.2) is 0 Å². The van der Waals surface area contributed by atoms with Crippen LogP contribution in [-0.4, -0.2) is 31.7 Å². The highest BCUT2D eigenvalue weighted by molar-refractivity contribution is 9.10. The van der Waals surface area contributed by atoms with Crippen molar-refractivity contribution in [2.24, 2.45) is 11.7 Å². The predicted molar refractivity (Wildman–Crippen MR) is 92.3 cm³/mol. The maximum atomic E-state index is 13.0. The summed E-state index contributed by atoms with van der Waals surface area (Å²) in [5.74, 6) is -0.584. The Hall–Kier alpha value is -1.44. The molecule has 0 saturated carbocycles. The Morgan fingerprint density at radius 1 is 1.09 bits per heavy atom. The zero-order chi connectivity index (χ0) is 16.6. The van der Waals surface area contributed by atoms with Gasteiger partial charge in [0.1, 0.15) is 0 Å². The van der Waals surface area contributed by atoms with Crippen LogP contribution in [0.25, 0.3) is 10.8 Å². The maximum Gasteiger partial charge on any atom is 0.243 e. The van der Waals surface area contributed by atoms with E-state index >= 15 is 0 Å². The van der Waals surface area contributed by atoms with E-state index in [-0.39, 0.29) is 11.8 Å². The molecule has 2 N–H and O–H groups in total. The van der Waals surface area contributed by atoms with Crippen molar-refractivity contribution in [3.05, 3.63) is 40.9 Å². The first-order valence-electron chi connectivity index (χ1n) is 7.38. The van der Waals surface area contributed by atoms with Crippen LogP contribution in [-0.2, 0) is 14.8 Å². The monoisotopic (exact) mass is 396 g/mol. The molecule has 1 heterocycles. The number of benzene rings is 2. The molecule has 0 atom stereocenters. The first-order valence-corrected chi connectivity index (χ1v) is 9.61. The van der Waals surface area contributed by atoms with E-state index in [1.807, 2.05) is 24.3 Å². The zero-order valence-corrected chi connectivity index (χ0v) is 14.8. The van der Waals surface area contributed by atoms with Gasteiger partial charge in [0.2, 0.25) is 15.9 Å². The fourth-order valence-electron chi connectivity index (χ4n) is 2.98. The Morgan fingerprint density at radius 3 is 2.30 bits per heavy atom. The third-order valence-electron chi connectivity index (χ3n) is 4.30. The van der Waals surface area contributed by atoms with Gasteiger partial charge >= 0.3 is 0 Å². The number of carbonyl (C=O) groups excluding carboxylic acids is 1. The number of halogens is 1. The number of amides is 1. The SMILES string of the molecule is NC(=O)C1CCN(S(=O)(=O)c2ccc(Br)c3ccccc23)CC1. The van der Waals surface area contributed by atoms with E-state index < -0.39 is 10.0 Å². The molecule has 1 amide bonds. The highest BCUT2D eigenvalue weighted by atomic mass is 79.9. The number of sulfonamides is 1. The Morgan fingerprint density at radius 2 is 1.70 bits per heavy atom. The Balaban J connectivity index is 1.98. The molecule has 1 fully saturated rings. The van der Waals surface area contributed by atoms with E-state index in [0.717, 1.165) is 9.86 Å². The van der Waals surface area contributed by atoms with Gasteiger partial charge in [0, 0.05) is 28.9 Å². The minimum Gasteiger partial charge on any atom is -0.369 e. The van der Waals surface area contributed by atoms with Crippen LogP contribution in [0.5, 0.6) is 0 Å². The number of hydrogen-bond donors (Lipinski definition) is 1. The molecule has 1 saturated heterocycles. The lowest BCUT2D eigenvalue weighted by Crippen LogP contribution is -2.41. The van der Waals surface area contributed by atoms with Crippen molar-refractivity contribution >= 4 is 42.6 Å². The van der Waals surface area contributed by atoms with Crippen molar-refractivity contribution in [1.29, 1.82) is 0 Å². The number of nitrogens with zero attached hydrogens (tertiary/aromatic N) is 1. The summed E-state index contributed by atoms with van der Waals surface area (Å²) in [4.78, 5) is 11.5. The van der Waals surface area contributed by atoms with E-state index in [1.54, 1.807) is 12.1 Å². The normalized spacial score (nSPS) is 17.4. The molecular formula is C16H17BrN2O3S. The van der Waals surface area contributed by atoms with E-state index in [4.69, 9.17) is 5.73 Å². The van der Waals surface area contributed by atoms with Gasteiger partial charge in [-0.2, -0.15) is 4.31 Å². The third-order valence-corrected chi connectivity index (χ3v) is 6.95. The number of piperidine rings is 1. The molecule has 122 valence electrons. The van der Waals surface area contributed by atoms with Crippen molar-refractivity contribution in [2.75, 3.05) is 13.1 Å². The van der Waals surface area contributed by atoms with Crippen LogP contribution in [0.3, 0.4) is 0 Å². The summed E-state index contributed by atoms with van der Waals surface area (Å²) in [7, 11) is -3.59. The summed E-state index contributed by atoms with van der Waals surface area (Å²) in [5.41, 5.74) is 5.31. The fourth-order valence-corrected chi connectivity index (χ4v) is 5.12. The molecule has 3 rings (SSSR count). The van der Waals surface area contributed by atoms with Crippen LogP contribution < -0.4 is 5.73 Å². The third kappa shape index (κ3) is 3.00. The van der Waals surface area contributed by atoms with Crippen LogP contribution in [0.15, 0.2) is 45.8 Å². The minimum absolute atomic E-state index is 0.233.